The van der Waals surface area contributed by atoms with Gasteiger partial charge in [-0.3, -0.25) is 10.1 Å². The van der Waals surface area contributed by atoms with Crippen LogP contribution in [0.2, 0.25) is 0 Å². The first-order chi connectivity index (χ1) is 9.69. The van der Waals surface area contributed by atoms with E-state index in [1.807, 2.05) is 0 Å². The van der Waals surface area contributed by atoms with Gasteiger partial charge in [-0.15, -0.1) is 0 Å². The lowest BCUT2D eigenvalue weighted by Crippen LogP contribution is -2.27. The van der Waals surface area contributed by atoms with Gasteiger partial charge in [0.1, 0.15) is 0 Å². The van der Waals surface area contributed by atoms with Crippen molar-refractivity contribution in [3.8, 4) is 0 Å². The molecule has 8 heteroatoms. The van der Waals surface area contributed by atoms with E-state index in [1.54, 1.807) is 20.8 Å². The first-order valence-corrected chi connectivity index (χ1v) is 8.10. The lowest BCUT2D eigenvalue weighted by Gasteiger charge is -2.11. The molecule has 2 N–H and O–H groups in total. The highest BCUT2D eigenvalue weighted by molar-refractivity contribution is 7.89. The minimum Gasteiger partial charge on any atom is -0.393 e. The lowest BCUT2D eigenvalue weighted by molar-refractivity contribution is -0.385. The van der Waals surface area contributed by atoms with Gasteiger partial charge in [0.15, 0.2) is 0 Å². The molecule has 0 aliphatic heterocycles. The van der Waals surface area contributed by atoms with Gasteiger partial charge in [-0.25, -0.2) is 13.1 Å². The molecular weight excluding hydrogens is 296 g/mol. The number of aliphatic hydroxyl groups excluding tert-OH is 1. The minimum atomic E-state index is -3.83. The van der Waals surface area contributed by atoms with E-state index in [9.17, 15) is 23.6 Å². The van der Waals surface area contributed by atoms with E-state index in [-0.39, 0.29) is 17.1 Å². The summed E-state index contributed by atoms with van der Waals surface area (Å²) in [5, 5.41) is 20.4. The Hall–Kier alpha value is -1.51. The van der Waals surface area contributed by atoms with Crippen molar-refractivity contribution in [2.45, 2.75) is 44.6 Å². The van der Waals surface area contributed by atoms with Gasteiger partial charge in [0.05, 0.1) is 15.9 Å². The van der Waals surface area contributed by atoms with Crippen molar-refractivity contribution in [3.63, 3.8) is 0 Å². The Morgan fingerprint density at radius 2 is 2.00 bits per heavy atom. The molecule has 0 amide bonds. The second kappa shape index (κ2) is 6.97. The quantitative estimate of drug-likeness (QED) is 0.587. The molecule has 0 saturated heterocycles. The van der Waals surface area contributed by atoms with E-state index in [1.165, 1.54) is 6.07 Å². The monoisotopic (exact) mass is 316 g/mol. The van der Waals surface area contributed by atoms with Crippen LogP contribution in [0, 0.1) is 24.0 Å². The van der Waals surface area contributed by atoms with Crippen molar-refractivity contribution in [1.29, 1.82) is 0 Å². The third-order valence-corrected chi connectivity index (χ3v) is 4.80. The SMILES string of the molecule is CCC(O)CCNS(=O)(=O)c1cc(C)c(C)c([N+](=O)[O-])c1. The molecule has 21 heavy (non-hydrogen) atoms. The molecule has 7 nitrogen and oxygen atoms in total. The third kappa shape index (κ3) is 4.48. The number of nitrogens with zero attached hydrogens (tertiary/aromatic N) is 1. The summed E-state index contributed by atoms with van der Waals surface area (Å²) >= 11 is 0. The van der Waals surface area contributed by atoms with Crippen molar-refractivity contribution >= 4 is 15.7 Å². The Morgan fingerprint density at radius 3 is 2.52 bits per heavy atom. The van der Waals surface area contributed by atoms with Crippen LogP contribution in [0.15, 0.2) is 17.0 Å². The second-order valence-corrected chi connectivity index (χ2v) is 6.66. The molecule has 0 fully saturated rings. The van der Waals surface area contributed by atoms with Crippen molar-refractivity contribution in [2.24, 2.45) is 0 Å². The van der Waals surface area contributed by atoms with Gasteiger partial charge in [-0.05, 0) is 38.3 Å². The molecule has 0 bridgehead atoms. The predicted molar refractivity (Wildman–Crippen MR) is 78.7 cm³/mol. The number of aliphatic hydroxyl groups is 1. The van der Waals surface area contributed by atoms with Crippen LogP contribution in [0.25, 0.3) is 0 Å². The maximum absolute atomic E-state index is 12.1. The molecule has 1 unspecified atom stereocenters. The zero-order valence-electron chi connectivity index (χ0n) is 12.3. The zero-order chi connectivity index (χ0) is 16.2. The van der Waals surface area contributed by atoms with Gasteiger partial charge in [0.2, 0.25) is 10.0 Å². The van der Waals surface area contributed by atoms with Crippen molar-refractivity contribution < 1.29 is 18.4 Å². The molecule has 0 saturated carbocycles. The van der Waals surface area contributed by atoms with Crippen LogP contribution < -0.4 is 4.72 Å². The van der Waals surface area contributed by atoms with Gasteiger partial charge >= 0.3 is 0 Å². The topological polar surface area (TPSA) is 110 Å². The zero-order valence-corrected chi connectivity index (χ0v) is 13.1. The van der Waals surface area contributed by atoms with Crippen LogP contribution in [0.1, 0.15) is 30.9 Å². The molecule has 0 spiro atoms. The minimum absolute atomic E-state index is 0.0814. The van der Waals surface area contributed by atoms with Crippen molar-refractivity contribution in [3.05, 3.63) is 33.4 Å². The van der Waals surface area contributed by atoms with Gasteiger partial charge in [-0.2, -0.15) is 0 Å². The fourth-order valence-corrected chi connectivity index (χ4v) is 2.95. The predicted octanol–water partition coefficient (Wildman–Crippen LogP) is 1.65. The smallest absolute Gasteiger partial charge is 0.273 e. The van der Waals surface area contributed by atoms with E-state index in [0.29, 0.717) is 24.0 Å². The van der Waals surface area contributed by atoms with Crippen LogP contribution in [0.5, 0.6) is 0 Å². The summed E-state index contributed by atoms with van der Waals surface area (Å²) in [6.45, 7) is 5.08. The highest BCUT2D eigenvalue weighted by Crippen LogP contribution is 2.25. The normalized spacial score (nSPS) is 13.1. The first kappa shape index (κ1) is 17.5. The Bertz CT molecular complexity index is 628. The highest BCUT2D eigenvalue weighted by Gasteiger charge is 2.21. The van der Waals surface area contributed by atoms with Crippen LogP contribution in [-0.2, 0) is 10.0 Å². The number of nitro groups is 1. The molecule has 0 aliphatic carbocycles. The number of nitro benzene ring substituents is 1. The fraction of sp³-hybridized carbons (Fsp3) is 0.538. The van der Waals surface area contributed by atoms with E-state index in [2.05, 4.69) is 4.72 Å². The first-order valence-electron chi connectivity index (χ1n) is 6.62. The van der Waals surface area contributed by atoms with Gasteiger partial charge in [0.25, 0.3) is 5.69 Å². The second-order valence-electron chi connectivity index (χ2n) is 4.89. The summed E-state index contributed by atoms with van der Waals surface area (Å²) in [7, 11) is -3.83. The summed E-state index contributed by atoms with van der Waals surface area (Å²) in [5.41, 5.74) is 0.766. The Balaban J connectivity index is 3.01. The number of rotatable bonds is 7. The van der Waals surface area contributed by atoms with Crippen molar-refractivity contribution in [1.82, 2.24) is 4.72 Å². The lowest BCUT2D eigenvalue weighted by atomic mass is 10.1. The van der Waals surface area contributed by atoms with E-state index in [0.717, 1.165) is 6.07 Å². The fourth-order valence-electron chi connectivity index (χ4n) is 1.80. The number of hydrogen-bond acceptors (Lipinski definition) is 5. The summed E-state index contributed by atoms with van der Waals surface area (Å²) in [6.07, 6.45) is 0.265. The summed E-state index contributed by atoms with van der Waals surface area (Å²) in [5.74, 6) is 0. The molecule has 0 aliphatic rings. The summed E-state index contributed by atoms with van der Waals surface area (Å²) in [4.78, 5) is 10.2. The third-order valence-electron chi connectivity index (χ3n) is 3.36. The Kier molecular flexibility index (Phi) is 5.82. The van der Waals surface area contributed by atoms with Crippen LogP contribution >= 0.6 is 0 Å². The van der Waals surface area contributed by atoms with Crippen molar-refractivity contribution in [2.75, 3.05) is 6.54 Å². The molecular formula is C13H20N2O5S. The van der Waals surface area contributed by atoms with Crippen LogP contribution in [0.3, 0.4) is 0 Å². The molecule has 1 rings (SSSR count). The molecule has 0 radical (unpaired) electrons. The highest BCUT2D eigenvalue weighted by atomic mass is 32.2. The number of hydrogen-bond donors (Lipinski definition) is 2. The molecule has 1 aromatic rings. The Labute approximate surface area is 124 Å². The number of nitrogens with one attached hydrogen (secondary N) is 1. The standard InChI is InChI=1S/C13H20N2O5S/c1-4-11(16)5-6-14-21(19,20)12-7-9(2)10(3)13(8-12)15(17)18/h7-8,11,14,16H,4-6H2,1-3H3. The maximum atomic E-state index is 12.1. The molecule has 0 aromatic heterocycles. The summed E-state index contributed by atoms with van der Waals surface area (Å²) < 4.78 is 26.6. The van der Waals surface area contributed by atoms with E-state index in [4.69, 9.17) is 0 Å². The van der Waals surface area contributed by atoms with Crippen LogP contribution in [-0.4, -0.2) is 31.1 Å². The van der Waals surface area contributed by atoms with Gasteiger partial charge < -0.3 is 5.11 Å². The number of aryl methyl sites for hydroxylation is 1. The average molecular weight is 316 g/mol. The molecule has 118 valence electrons. The van der Waals surface area contributed by atoms with E-state index >= 15 is 0 Å². The van der Waals surface area contributed by atoms with E-state index < -0.39 is 21.1 Å². The van der Waals surface area contributed by atoms with Crippen LogP contribution in [0.4, 0.5) is 5.69 Å². The van der Waals surface area contributed by atoms with Gasteiger partial charge in [-0.1, -0.05) is 6.92 Å². The maximum Gasteiger partial charge on any atom is 0.273 e. The number of sulfonamides is 1. The molecule has 0 heterocycles. The number of benzene rings is 1. The average Bonchev–Trinajstić information content (AvgIpc) is 2.40. The Morgan fingerprint density at radius 1 is 1.38 bits per heavy atom. The largest absolute Gasteiger partial charge is 0.393 e. The van der Waals surface area contributed by atoms with Gasteiger partial charge in [0, 0.05) is 18.2 Å². The molecule has 1 atom stereocenters. The summed E-state index contributed by atoms with van der Waals surface area (Å²) in [6, 6.07) is 2.46. The molecule has 1 aromatic carbocycles.